The van der Waals surface area contributed by atoms with Crippen molar-refractivity contribution < 1.29 is 0 Å². The molecule has 0 fully saturated rings. The molecule has 0 bridgehead atoms. The Bertz CT molecular complexity index is 1190. The summed E-state index contributed by atoms with van der Waals surface area (Å²) < 4.78 is 0. The van der Waals surface area contributed by atoms with E-state index in [1.165, 1.54) is 0 Å². The zero-order valence-corrected chi connectivity index (χ0v) is 24.1. The van der Waals surface area contributed by atoms with Crippen LogP contribution in [-0.2, 0) is 0 Å². The van der Waals surface area contributed by atoms with E-state index in [1.807, 2.05) is 0 Å². The van der Waals surface area contributed by atoms with E-state index < -0.39 is 8.07 Å². The van der Waals surface area contributed by atoms with Gasteiger partial charge in [0.05, 0.1) is 0 Å². The molecular weight excluding hydrogens is 448 g/mol. The SMILES string of the molecule is CC1=CC2=C(C=CC=CC2C(C)C)C1[Si](C)(c1ccccc1)C1C(C)=CC2=C1C=CC=CC2C(C)C. The van der Waals surface area contributed by atoms with Gasteiger partial charge >= 0.3 is 0 Å². The molecule has 0 radical (unpaired) electrons. The van der Waals surface area contributed by atoms with Crippen LogP contribution < -0.4 is 5.19 Å². The molecule has 4 aliphatic rings. The van der Waals surface area contributed by atoms with Gasteiger partial charge in [-0.1, -0.05) is 142 Å². The molecule has 1 aromatic rings. The highest BCUT2D eigenvalue weighted by Gasteiger charge is 2.52. The second-order valence-electron chi connectivity index (χ2n) is 12.1. The van der Waals surface area contributed by atoms with Gasteiger partial charge in [0, 0.05) is 22.9 Å². The lowest BCUT2D eigenvalue weighted by atomic mass is 9.87. The fourth-order valence-electron chi connectivity index (χ4n) is 7.56. The zero-order chi connectivity index (χ0) is 25.6. The Hall–Kier alpha value is -2.64. The molecule has 0 spiro atoms. The molecule has 5 rings (SSSR count). The van der Waals surface area contributed by atoms with Gasteiger partial charge < -0.3 is 0 Å². The van der Waals surface area contributed by atoms with Crippen molar-refractivity contribution in [3.8, 4) is 0 Å². The van der Waals surface area contributed by atoms with E-state index in [2.05, 4.69) is 139 Å². The molecule has 0 aliphatic heterocycles. The second-order valence-corrected chi connectivity index (χ2v) is 16.4. The summed E-state index contributed by atoms with van der Waals surface area (Å²) in [6.07, 6.45) is 24.0. The summed E-state index contributed by atoms with van der Waals surface area (Å²) in [5, 5.41) is 1.57. The minimum absolute atomic E-state index is 0.467. The van der Waals surface area contributed by atoms with Crippen molar-refractivity contribution in [3.05, 3.63) is 125 Å². The van der Waals surface area contributed by atoms with Crippen molar-refractivity contribution in [1.29, 1.82) is 0 Å². The molecule has 0 heterocycles. The van der Waals surface area contributed by atoms with E-state index in [1.54, 1.807) is 38.6 Å². The maximum atomic E-state index is 2.69. The van der Waals surface area contributed by atoms with Crippen LogP contribution in [-0.4, -0.2) is 8.07 Å². The Morgan fingerprint density at radius 1 is 0.611 bits per heavy atom. The van der Waals surface area contributed by atoms with Crippen LogP contribution in [0.4, 0.5) is 0 Å². The molecule has 36 heavy (non-hydrogen) atoms. The van der Waals surface area contributed by atoms with Crippen LogP contribution in [0.25, 0.3) is 0 Å². The quantitative estimate of drug-likeness (QED) is 0.361. The first-order valence-corrected chi connectivity index (χ1v) is 16.5. The van der Waals surface area contributed by atoms with Crippen LogP contribution in [0.1, 0.15) is 41.5 Å². The minimum Gasteiger partial charge on any atom is -0.0767 e. The summed E-state index contributed by atoms with van der Waals surface area (Å²) in [4.78, 5) is 0. The van der Waals surface area contributed by atoms with E-state index in [0.717, 1.165) is 0 Å². The summed E-state index contributed by atoms with van der Waals surface area (Å²) in [5.74, 6) is 2.13. The summed E-state index contributed by atoms with van der Waals surface area (Å²) in [6, 6.07) is 11.6. The molecule has 1 heteroatoms. The lowest BCUT2D eigenvalue weighted by Crippen LogP contribution is -2.54. The third-order valence-electron chi connectivity index (χ3n) is 9.13. The van der Waals surface area contributed by atoms with Crippen molar-refractivity contribution in [2.45, 2.75) is 59.2 Å². The van der Waals surface area contributed by atoms with Gasteiger partial charge in [0.2, 0.25) is 0 Å². The highest BCUT2D eigenvalue weighted by molar-refractivity contribution is 6.95. The molecule has 1 aromatic carbocycles. The average Bonchev–Trinajstić information content (AvgIpc) is 3.15. The molecular formula is C35H42Si. The zero-order valence-electron chi connectivity index (χ0n) is 23.1. The van der Waals surface area contributed by atoms with Gasteiger partial charge in [-0.2, -0.15) is 0 Å². The molecule has 4 atom stereocenters. The molecule has 4 aliphatic carbocycles. The Labute approximate surface area is 220 Å². The van der Waals surface area contributed by atoms with Crippen molar-refractivity contribution in [2.75, 3.05) is 0 Å². The summed E-state index contributed by atoms with van der Waals surface area (Å²) >= 11 is 0. The Morgan fingerprint density at radius 3 is 1.47 bits per heavy atom. The van der Waals surface area contributed by atoms with Crippen LogP contribution in [0.2, 0.25) is 17.6 Å². The summed E-state index contributed by atoms with van der Waals surface area (Å²) in [6.45, 7) is 17.0. The van der Waals surface area contributed by atoms with Crippen molar-refractivity contribution >= 4 is 13.3 Å². The van der Waals surface area contributed by atoms with E-state index >= 15 is 0 Å². The second kappa shape index (κ2) is 9.67. The van der Waals surface area contributed by atoms with Crippen molar-refractivity contribution in [3.63, 3.8) is 0 Å². The normalized spacial score (nSPS) is 28.8. The van der Waals surface area contributed by atoms with Gasteiger partial charge in [0.1, 0.15) is 8.07 Å². The van der Waals surface area contributed by atoms with Gasteiger partial charge in [-0.15, -0.1) is 0 Å². The number of allylic oxidation sites excluding steroid dienone is 16. The first-order chi connectivity index (χ1) is 17.2. The lowest BCUT2D eigenvalue weighted by molar-refractivity contribution is 0.533. The van der Waals surface area contributed by atoms with Crippen molar-refractivity contribution in [2.24, 2.45) is 23.7 Å². The highest BCUT2D eigenvalue weighted by atomic mass is 28.3. The standard InChI is InChI=1S/C35H42Si/c1-23(2)28-17-11-13-19-30-32(28)21-25(5)34(30)36(7,27-15-9-8-10-16-27)35-26(6)22-33-29(24(3)4)18-12-14-20-31(33)35/h8-24,28-29,34-35H,1-7H3. The van der Waals surface area contributed by atoms with E-state index in [9.17, 15) is 0 Å². The Morgan fingerprint density at radius 2 is 1.06 bits per heavy atom. The molecule has 0 aromatic heterocycles. The van der Waals surface area contributed by atoms with Gasteiger partial charge in [0.25, 0.3) is 0 Å². The van der Waals surface area contributed by atoms with Crippen LogP contribution in [0.3, 0.4) is 0 Å². The number of hydrogen-bond acceptors (Lipinski definition) is 0. The largest absolute Gasteiger partial charge is 0.106 e. The van der Waals surface area contributed by atoms with E-state index in [0.29, 0.717) is 34.8 Å². The predicted molar refractivity (Wildman–Crippen MR) is 160 cm³/mol. The molecule has 0 saturated carbocycles. The Balaban J connectivity index is 1.74. The van der Waals surface area contributed by atoms with Gasteiger partial charge in [-0.3, -0.25) is 0 Å². The molecule has 0 nitrogen and oxygen atoms in total. The number of hydrogen-bond donors (Lipinski definition) is 0. The topological polar surface area (TPSA) is 0 Å². The minimum atomic E-state index is -2.19. The molecule has 0 N–H and O–H groups in total. The van der Waals surface area contributed by atoms with E-state index in [4.69, 9.17) is 0 Å². The van der Waals surface area contributed by atoms with Crippen LogP contribution in [0.15, 0.2) is 125 Å². The first-order valence-electron chi connectivity index (χ1n) is 13.8. The number of benzene rings is 1. The molecule has 0 amide bonds. The fourth-order valence-corrected chi connectivity index (χ4v) is 13.3. The first kappa shape index (κ1) is 25.0. The van der Waals surface area contributed by atoms with Crippen LogP contribution >= 0.6 is 0 Å². The maximum absolute atomic E-state index is 2.69. The molecule has 186 valence electrons. The van der Waals surface area contributed by atoms with Crippen molar-refractivity contribution in [1.82, 2.24) is 0 Å². The number of rotatable bonds is 5. The van der Waals surface area contributed by atoms with Gasteiger partial charge in [-0.05, 0) is 48.0 Å². The van der Waals surface area contributed by atoms with Crippen LogP contribution in [0.5, 0.6) is 0 Å². The average molecular weight is 491 g/mol. The van der Waals surface area contributed by atoms with E-state index in [-0.39, 0.29) is 0 Å². The molecule has 4 unspecified atom stereocenters. The van der Waals surface area contributed by atoms with Gasteiger partial charge in [0.15, 0.2) is 0 Å². The fraction of sp³-hybridized carbons (Fsp3) is 0.371. The Kier molecular flexibility index (Phi) is 6.72. The van der Waals surface area contributed by atoms with Crippen LogP contribution in [0, 0.1) is 23.7 Å². The summed E-state index contributed by atoms with van der Waals surface area (Å²) in [5.41, 5.74) is 10.3. The predicted octanol–water partition coefficient (Wildman–Crippen LogP) is 9.02. The highest BCUT2D eigenvalue weighted by Crippen LogP contribution is 2.57. The smallest absolute Gasteiger partial charge is 0.0767 e. The lowest BCUT2D eigenvalue weighted by Gasteiger charge is -2.43. The maximum Gasteiger partial charge on any atom is 0.106 e. The summed E-state index contributed by atoms with van der Waals surface area (Å²) in [7, 11) is -2.19. The third-order valence-corrected chi connectivity index (χ3v) is 14.6. The monoisotopic (exact) mass is 490 g/mol. The van der Waals surface area contributed by atoms with Gasteiger partial charge in [-0.25, -0.2) is 0 Å². The third kappa shape index (κ3) is 3.97. The molecule has 0 saturated heterocycles.